The Bertz CT molecular complexity index is 687. The van der Waals surface area contributed by atoms with Gasteiger partial charge in [0.1, 0.15) is 5.54 Å². The fourth-order valence-electron chi connectivity index (χ4n) is 2.08. The summed E-state index contributed by atoms with van der Waals surface area (Å²) >= 11 is 0. The molecule has 0 heterocycles. The number of amides is 1. The first-order valence-electron chi connectivity index (χ1n) is 7.05. The Hall–Kier alpha value is -1.89. The fraction of sp³-hybridized carbons (Fsp3) is 0.467. The SMILES string of the molecule is CC(C)S(=O)(=O)c1ccc(CC(=O)NC2(C(=O)O)CC2)cc1. The third-order valence-electron chi connectivity index (χ3n) is 3.78. The molecule has 2 rings (SSSR count). The number of rotatable bonds is 6. The van der Waals surface area contributed by atoms with Crippen molar-refractivity contribution in [1.82, 2.24) is 5.32 Å². The molecule has 0 aliphatic heterocycles. The van der Waals surface area contributed by atoms with Crippen molar-refractivity contribution in [3.05, 3.63) is 29.8 Å². The molecule has 0 saturated heterocycles. The van der Waals surface area contributed by atoms with Crippen LogP contribution in [-0.2, 0) is 25.8 Å². The Morgan fingerprint density at radius 2 is 1.77 bits per heavy atom. The summed E-state index contributed by atoms with van der Waals surface area (Å²) in [7, 11) is -3.33. The normalized spacial score (nSPS) is 16.3. The number of carbonyl (C=O) groups is 2. The largest absolute Gasteiger partial charge is 0.480 e. The molecular weight excluding hydrogens is 306 g/mol. The summed E-state index contributed by atoms with van der Waals surface area (Å²) in [5, 5.41) is 11.0. The van der Waals surface area contributed by atoms with Crippen LogP contribution in [-0.4, -0.2) is 36.2 Å². The zero-order chi connectivity index (χ0) is 16.5. The maximum absolute atomic E-state index is 12.0. The first-order chi connectivity index (χ1) is 10.2. The van der Waals surface area contributed by atoms with E-state index < -0.39 is 26.6 Å². The van der Waals surface area contributed by atoms with E-state index in [1.165, 1.54) is 12.1 Å². The van der Waals surface area contributed by atoms with Gasteiger partial charge in [0.2, 0.25) is 5.91 Å². The molecule has 0 bridgehead atoms. The molecule has 22 heavy (non-hydrogen) atoms. The predicted octanol–water partition coefficient (Wildman–Crippen LogP) is 1.14. The van der Waals surface area contributed by atoms with E-state index in [2.05, 4.69) is 5.32 Å². The Labute approximate surface area is 129 Å². The van der Waals surface area contributed by atoms with Gasteiger partial charge in [0.25, 0.3) is 0 Å². The van der Waals surface area contributed by atoms with Gasteiger partial charge in [-0.05, 0) is 44.4 Å². The van der Waals surface area contributed by atoms with E-state index in [4.69, 9.17) is 5.11 Å². The molecule has 1 aromatic rings. The molecule has 7 heteroatoms. The van der Waals surface area contributed by atoms with Crippen molar-refractivity contribution < 1.29 is 23.1 Å². The molecule has 0 spiro atoms. The molecular formula is C15H19NO5S. The highest BCUT2D eigenvalue weighted by Crippen LogP contribution is 2.35. The Balaban J connectivity index is 2.03. The summed E-state index contributed by atoms with van der Waals surface area (Å²) in [4.78, 5) is 23.1. The van der Waals surface area contributed by atoms with Gasteiger partial charge in [-0.15, -0.1) is 0 Å². The van der Waals surface area contributed by atoms with Crippen LogP contribution in [0.25, 0.3) is 0 Å². The second kappa shape index (κ2) is 5.72. The van der Waals surface area contributed by atoms with Gasteiger partial charge in [0.05, 0.1) is 16.6 Å². The van der Waals surface area contributed by atoms with Crippen molar-refractivity contribution in [2.75, 3.05) is 0 Å². The van der Waals surface area contributed by atoms with Crippen molar-refractivity contribution in [2.45, 2.75) is 48.8 Å². The van der Waals surface area contributed by atoms with Crippen molar-refractivity contribution in [1.29, 1.82) is 0 Å². The monoisotopic (exact) mass is 325 g/mol. The van der Waals surface area contributed by atoms with Gasteiger partial charge >= 0.3 is 5.97 Å². The molecule has 0 aromatic heterocycles. The number of hydrogen-bond donors (Lipinski definition) is 2. The molecule has 1 aromatic carbocycles. The summed E-state index contributed by atoms with van der Waals surface area (Å²) in [6, 6.07) is 6.11. The number of sulfone groups is 1. The van der Waals surface area contributed by atoms with Gasteiger partial charge in [-0.2, -0.15) is 0 Å². The second-order valence-electron chi connectivity index (χ2n) is 5.85. The first-order valence-corrected chi connectivity index (χ1v) is 8.59. The summed E-state index contributed by atoms with van der Waals surface area (Å²) in [6.07, 6.45) is 0.913. The lowest BCUT2D eigenvalue weighted by Gasteiger charge is -2.12. The molecule has 6 nitrogen and oxygen atoms in total. The summed E-state index contributed by atoms with van der Waals surface area (Å²) < 4.78 is 24.0. The molecule has 1 amide bonds. The maximum atomic E-state index is 12.0. The highest BCUT2D eigenvalue weighted by molar-refractivity contribution is 7.92. The van der Waals surface area contributed by atoms with E-state index >= 15 is 0 Å². The fourth-order valence-corrected chi connectivity index (χ4v) is 3.14. The van der Waals surface area contributed by atoms with Crippen LogP contribution in [0.15, 0.2) is 29.2 Å². The number of hydrogen-bond acceptors (Lipinski definition) is 4. The van der Waals surface area contributed by atoms with E-state index in [0.29, 0.717) is 18.4 Å². The van der Waals surface area contributed by atoms with Crippen molar-refractivity contribution in [3.8, 4) is 0 Å². The third-order valence-corrected chi connectivity index (χ3v) is 5.95. The van der Waals surface area contributed by atoms with Gasteiger partial charge in [-0.25, -0.2) is 13.2 Å². The minimum Gasteiger partial charge on any atom is -0.480 e. The molecule has 1 saturated carbocycles. The zero-order valence-electron chi connectivity index (χ0n) is 12.5. The molecule has 1 fully saturated rings. The smallest absolute Gasteiger partial charge is 0.329 e. The minimum absolute atomic E-state index is 0.0248. The van der Waals surface area contributed by atoms with Crippen molar-refractivity contribution in [3.63, 3.8) is 0 Å². The van der Waals surface area contributed by atoms with Crippen LogP contribution in [0.1, 0.15) is 32.3 Å². The lowest BCUT2D eigenvalue weighted by Crippen LogP contribution is -2.43. The van der Waals surface area contributed by atoms with Gasteiger partial charge in [0.15, 0.2) is 9.84 Å². The van der Waals surface area contributed by atoms with Crippen LogP contribution >= 0.6 is 0 Å². The highest BCUT2D eigenvalue weighted by atomic mass is 32.2. The maximum Gasteiger partial charge on any atom is 0.329 e. The van der Waals surface area contributed by atoms with Gasteiger partial charge in [-0.3, -0.25) is 4.79 Å². The number of nitrogens with one attached hydrogen (secondary N) is 1. The van der Waals surface area contributed by atoms with E-state index in [1.807, 2.05) is 0 Å². The number of carboxylic acids is 1. The number of carbonyl (C=O) groups excluding carboxylic acids is 1. The standard InChI is InChI=1S/C15H19NO5S/c1-10(2)22(20,21)12-5-3-11(4-6-12)9-13(17)16-15(7-8-15)14(18)19/h3-6,10H,7-9H2,1-2H3,(H,16,17)(H,18,19). The molecule has 0 atom stereocenters. The Kier molecular flexibility index (Phi) is 4.28. The highest BCUT2D eigenvalue weighted by Gasteiger charge is 2.51. The van der Waals surface area contributed by atoms with Crippen LogP contribution in [0.4, 0.5) is 0 Å². The molecule has 120 valence electrons. The average molecular weight is 325 g/mol. The quantitative estimate of drug-likeness (QED) is 0.817. The Morgan fingerprint density at radius 3 is 2.18 bits per heavy atom. The van der Waals surface area contributed by atoms with Crippen LogP contribution in [0.3, 0.4) is 0 Å². The second-order valence-corrected chi connectivity index (χ2v) is 8.35. The predicted molar refractivity (Wildman–Crippen MR) is 80.2 cm³/mol. The number of carboxylic acid groups (broad SMARTS) is 1. The summed E-state index contributed by atoms with van der Waals surface area (Å²) in [6.45, 7) is 3.22. The molecule has 0 unspecified atom stereocenters. The van der Waals surface area contributed by atoms with Crippen LogP contribution in [0.2, 0.25) is 0 Å². The average Bonchev–Trinajstić information content (AvgIpc) is 3.20. The summed E-state index contributed by atoms with van der Waals surface area (Å²) in [5.41, 5.74) is -0.459. The lowest BCUT2D eigenvalue weighted by molar-refractivity contribution is -0.143. The van der Waals surface area contributed by atoms with Crippen LogP contribution in [0, 0.1) is 0 Å². The van der Waals surface area contributed by atoms with Gasteiger partial charge in [-0.1, -0.05) is 12.1 Å². The van der Waals surface area contributed by atoms with E-state index in [1.54, 1.807) is 26.0 Å². The Morgan fingerprint density at radius 1 is 1.23 bits per heavy atom. The third kappa shape index (κ3) is 3.30. The van der Waals surface area contributed by atoms with E-state index in [0.717, 1.165) is 0 Å². The number of benzene rings is 1. The summed E-state index contributed by atoms with van der Waals surface area (Å²) in [5.74, 6) is -1.39. The molecule has 1 aliphatic carbocycles. The first kappa shape index (κ1) is 16.5. The van der Waals surface area contributed by atoms with E-state index in [-0.39, 0.29) is 17.2 Å². The van der Waals surface area contributed by atoms with Crippen molar-refractivity contribution in [2.24, 2.45) is 0 Å². The van der Waals surface area contributed by atoms with Crippen LogP contribution < -0.4 is 5.32 Å². The minimum atomic E-state index is -3.33. The lowest BCUT2D eigenvalue weighted by atomic mass is 10.1. The van der Waals surface area contributed by atoms with E-state index in [9.17, 15) is 18.0 Å². The zero-order valence-corrected chi connectivity index (χ0v) is 13.3. The number of aliphatic carboxylic acids is 1. The van der Waals surface area contributed by atoms with Crippen molar-refractivity contribution >= 4 is 21.7 Å². The molecule has 0 radical (unpaired) electrons. The molecule has 1 aliphatic rings. The van der Waals surface area contributed by atoms with Gasteiger partial charge < -0.3 is 10.4 Å². The molecule has 2 N–H and O–H groups in total. The van der Waals surface area contributed by atoms with Crippen LogP contribution in [0.5, 0.6) is 0 Å². The topological polar surface area (TPSA) is 101 Å². The van der Waals surface area contributed by atoms with Gasteiger partial charge in [0, 0.05) is 0 Å².